The second kappa shape index (κ2) is 6.61. The fourth-order valence-electron chi connectivity index (χ4n) is 2.65. The number of nitrogens with one attached hydrogen (secondary N) is 1. The fourth-order valence-corrected chi connectivity index (χ4v) is 3.69. The Morgan fingerprint density at radius 1 is 1.42 bits per heavy atom. The van der Waals surface area contributed by atoms with E-state index in [4.69, 9.17) is 4.74 Å². The van der Waals surface area contributed by atoms with E-state index in [0.29, 0.717) is 24.8 Å². The van der Waals surface area contributed by atoms with Crippen molar-refractivity contribution in [1.82, 2.24) is 10.2 Å². The van der Waals surface area contributed by atoms with Crippen molar-refractivity contribution in [2.75, 3.05) is 37.7 Å². The Labute approximate surface area is 118 Å². The summed E-state index contributed by atoms with van der Waals surface area (Å²) in [6.07, 6.45) is 0. The highest BCUT2D eigenvalue weighted by Crippen LogP contribution is 2.24. The molecule has 1 amide bonds. The average Bonchev–Trinajstić information content (AvgIpc) is 2.84. The predicted octanol–water partition coefficient (Wildman–Crippen LogP) is 0.349. The Bertz CT molecular complexity index is 351. The normalized spacial score (nSPS) is 31.3. The van der Waals surface area contributed by atoms with Crippen LogP contribution in [0.3, 0.4) is 0 Å². The molecule has 6 heteroatoms. The van der Waals surface area contributed by atoms with Gasteiger partial charge in [-0.15, -0.1) is 0 Å². The minimum Gasteiger partial charge on any atom is -0.464 e. The first kappa shape index (κ1) is 14.7. The van der Waals surface area contributed by atoms with Crippen LogP contribution in [0.25, 0.3) is 0 Å². The first-order valence-electron chi connectivity index (χ1n) is 6.90. The van der Waals surface area contributed by atoms with E-state index in [0.717, 1.165) is 18.8 Å². The van der Waals surface area contributed by atoms with Gasteiger partial charge in [0.1, 0.15) is 6.04 Å². The van der Waals surface area contributed by atoms with Crippen LogP contribution in [-0.2, 0) is 14.3 Å². The Balaban J connectivity index is 2.06. The summed E-state index contributed by atoms with van der Waals surface area (Å²) in [5.41, 5.74) is 0. The van der Waals surface area contributed by atoms with Gasteiger partial charge in [0.25, 0.3) is 0 Å². The summed E-state index contributed by atoms with van der Waals surface area (Å²) >= 11 is 1.71. The Kier molecular flexibility index (Phi) is 5.10. The lowest BCUT2D eigenvalue weighted by Gasteiger charge is -2.35. The van der Waals surface area contributed by atoms with Gasteiger partial charge in [-0.1, -0.05) is 6.92 Å². The van der Waals surface area contributed by atoms with Gasteiger partial charge >= 0.3 is 5.97 Å². The molecule has 5 nitrogen and oxygen atoms in total. The molecule has 0 radical (unpaired) electrons. The number of carbonyl (C=O) groups excluding carboxylic acids is 2. The van der Waals surface area contributed by atoms with Crippen LogP contribution in [0.2, 0.25) is 0 Å². The smallest absolute Gasteiger partial charge is 0.329 e. The first-order valence-corrected chi connectivity index (χ1v) is 8.06. The number of ether oxygens (including phenoxy) is 1. The molecule has 3 atom stereocenters. The molecule has 1 N–H and O–H groups in total. The molecule has 0 aromatic heterocycles. The number of carbonyl (C=O) groups is 2. The summed E-state index contributed by atoms with van der Waals surface area (Å²) < 4.78 is 5.09. The van der Waals surface area contributed by atoms with Crippen molar-refractivity contribution in [3.8, 4) is 0 Å². The lowest BCUT2D eigenvalue weighted by molar-refractivity contribution is -0.155. The minimum atomic E-state index is -0.404. The van der Waals surface area contributed by atoms with Crippen LogP contribution in [0.15, 0.2) is 0 Å². The van der Waals surface area contributed by atoms with Crippen molar-refractivity contribution in [3.63, 3.8) is 0 Å². The van der Waals surface area contributed by atoms with Crippen molar-refractivity contribution in [1.29, 1.82) is 0 Å². The molecule has 2 aliphatic rings. The summed E-state index contributed by atoms with van der Waals surface area (Å²) in [5.74, 6) is 1.73. The summed E-state index contributed by atoms with van der Waals surface area (Å²) in [5, 5.41) is 3.24. The maximum absolute atomic E-state index is 12.6. The van der Waals surface area contributed by atoms with E-state index < -0.39 is 6.04 Å². The van der Waals surface area contributed by atoms with Gasteiger partial charge in [0.2, 0.25) is 5.91 Å². The lowest BCUT2D eigenvalue weighted by Crippen LogP contribution is -2.53. The third-order valence-corrected chi connectivity index (χ3v) is 4.83. The molecule has 2 aliphatic heterocycles. The molecule has 19 heavy (non-hydrogen) atoms. The summed E-state index contributed by atoms with van der Waals surface area (Å²) in [6, 6.07) is -0.404. The van der Waals surface area contributed by atoms with Gasteiger partial charge in [0.05, 0.1) is 12.5 Å². The zero-order chi connectivity index (χ0) is 13.8. The van der Waals surface area contributed by atoms with E-state index in [1.165, 1.54) is 0 Å². The number of esters is 1. The predicted molar refractivity (Wildman–Crippen MR) is 75.0 cm³/mol. The number of amides is 1. The number of nitrogens with zero attached hydrogens (tertiary/aromatic N) is 1. The van der Waals surface area contributed by atoms with Crippen LogP contribution in [0.4, 0.5) is 0 Å². The van der Waals surface area contributed by atoms with Gasteiger partial charge < -0.3 is 15.0 Å². The Morgan fingerprint density at radius 3 is 2.84 bits per heavy atom. The van der Waals surface area contributed by atoms with Crippen LogP contribution in [0, 0.1) is 11.8 Å². The average molecular weight is 286 g/mol. The third-order valence-electron chi connectivity index (χ3n) is 3.80. The van der Waals surface area contributed by atoms with Gasteiger partial charge in [-0.05, 0) is 19.4 Å². The monoisotopic (exact) mass is 286 g/mol. The number of thioether (sulfide) groups is 1. The lowest BCUT2D eigenvalue weighted by atomic mass is 9.96. The SMILES string of the molecule is CCOC(=O)C1CSCCN1C(=O)C1CNCC1C. The maximum Gasteiger partial charge on any atom is 0.329 e. The molecular formula is C13H22N2O3S. The Hall–Kier alpha value is -0.750. The molecule has 0 aromatic carbocycles. The highest BCUT2D eigenvalue weighted by Gasteiger charge is 2.39. The molecule has 0 saturated carbocycles. The summed E-state index contributed by atoms with van der Waals surface area (Å²) in [6.45, 7) is 6.49. The second-order valence-electron chi connectivity index (χ2n) is 5.12. The number of hydrogen-bond acceptors (Lipinski definition) is 5. The zero-order valence-electron chi connectivity index (χ0n) is 11.6. The van der Waals surface area contributed by atoms with Crippen molar-refractivity contribution in [2.45, 2.75) is 19.9 Å². The van der Waals surface area contributed by atoms with Gasteiger partial charge in [0, 0.05) is 24.6 Å². The first-order chi connectivity index (χ1) is 9.15. The van der Waals surface area contributed by atoms with E-state index in [9.17, 15) is 9.59 Å². The van der Waals surface area contributed by atoms with E-state index >= 15 is 0 Å². The van der Waals surface area contributed by atoms with Crippen LogP contribution in [0.5, 0.6) is 0 Å². The molecule has 0 aromatic rings. The quantitative estimate of drug-likeness (QED) is 0.759. The molecule has 108 valence electrons. The van der Waals surface area contributed by atoms with E-state index in [1.807, 2.05) is 0 Å². The molecule has 2 fully saturated rings. The van der Waals surface area contributed by atoms with Crippen LogP contribution < -0.4 is 5.32 Å². The molecule has 0 bridgehead atoms. The summed E-state index contributed by atoms with van der Waals surface area (Å²) in [4.78, 5) is 26.3. The molecular weight excluding hydrogens is 264 g/mol. The van der Waals surface area contributed by atoms with Crippen molar-refractivity contribution in [2.24, 2.45) is 11.8 Å². The van der Waals surface area contributed by atoms with E-state index in [1.54, 1.807) is 23.6 Å². The molecule has 0 spiro atoms. The van der Waals surface area contributed by atoms with E-state index in [2.05, 4.69) is 12.2 Å². The third kappa shape index (κ3) is 3.23. The fraction of sp³-hybridized carbons (Fsp3) is 0.846. The largest absolute Gasteiger partial charge is 0.464 e. The highest BCUT2D eigenvalue weighted by atomic mass is 32.2. The van der Waals surface area contributed by atoms with Gasteiger partial charge in [-0.3, -0.25) is 4.79 Å². The molecule has 2 rings (SSSR count). The van der Waals surface area contributed by atoms with Gasteiger partial charge in [0.15, 0.2) is 0 Å². The molecule has 0 aliphatic carbocycles. The molecule has 3 unspecified atom stereocenters. The van der Waals surface area contributed by atoms with Crippen LogP contribution >= 0.6 is 11.8 Å². The number of hydrogen-bond donors (Lipinski definition) is 1. The summed E-state index contributed by atoms with van der Waals surface area (Å²) in [7, 11) is 0. The van der Waals surface area contributed by atoms with E-state index in [-0.39, 0.29) is 17.8 Å². The number of rotatable bonds is 3. The maximum atomic E-state index is 12.6. The van der Waals surface area contributed by atoms with Crippen molar-refractivity contribution < 1.29 is 14.3 Å². The van der Waals surface area contributed by atoms with Gasteiger partial charge in [-0.2, -0.15) is 11.8 Å². The Morgan fingerprint density at radius 2 is 2.21 bits per heavy atom. The molecule has 2 saturated heterocycles. The minimum absolute atomic E-state index is 0.0000246. The van der Waals surface area contributed by atoms with Crippen LogP contribution in [-0.4, -0.2) is 60.6 Å². The van der Waals surface area contributed by atoms with Gasteiger partial charge in [-0.25, -0.2) is 4.79 Å². The van der Waals surface area contributed by atoms with Crippen LogP contribution in [0.1, 0.15) is 13.8 Å². The standard InChI is InChI=1S/C13H22N2O3S/c1-3-18-13(17)11-8-19-5-4-15(11)12(16)10-7-14-6-9(10)2/h9-11,14H,3-8H2,1-2H3. The van der Waals surface area contributed by atoms with Crippen molar-refractivity contribution in [3.05, 3.63) is 0 Å². The van der Waals surface area contributed by atoms with Crippen molar-refractivity contribution >= 4 is 23.6 Å². The second-order valence-corrected chi connectivity index (χ2v) is 6.27. The zero-order valence-corrected chi connectivity index (χ0v) is 12.4. The molecule has 2 heterocycles. The highest BCUT2D eigenvalue weighted by molar-refractivity contribution is 7.99. The topological polar surface area (TPSA) is 58.6 Å².